The molecule has 13 heavy (non-hydrogen) atoms. The molecule has 0 fully saturated rings. The summed E-state index contributed by atoms with van der Waals surface area (Å²) in [5.41, 5.74) is 1.11. The predicted molar refractivity (Wildman–Crippen MR) is 55.5 cm³/mol. The van der Waals surface area contributed by atoms with Crippen LogP contribution in [-0.2, 0) is 6.42 Å². The average Bonchev–Trinajstić information content (AvgIpc) is 2.09. The molecular formula is C10H13BrFN. The summed E-state index contributed by atoms with van der Waals surface area (Å²) in [4.78, 5) is 4.02. The zero-order valence-electron chi connectivity index (χ0n) is 7.85. The SMILES string of the molecule is CC(C)(CBr)Cc1ccc(F)cn1. The van der Waals surface area contributed by atoms with Crippen LogP contribution in [0.2, 0.25) is 0 Å². The van der Waals surface area contributed by atoms with Crippen molar-refractivity contribution in [3.05, 3.63) is 29.8 Å². The molecule has 1 heterocycles. The molecule has 0 atom stereocenters. The fraction of sp³-hybridized carbons (Fsp3) is 0.500. The summed E-state index contributed by atoms with van der Waals surface area (Å²) in [5.74, 6) is -0.277. The maximum atomic E-state index is 12.5. The third-order valence-corrected chi connectivity index (χ3v) is 3.33. The van der Waals surface area contributed by atoms with E-state index < -0.39 is 0 Å². The quantitative estimate of drug-likeness (QED) is 0.746. The van der Waals surface area contributed by atoms with Crippen LogP contribution in [0.1, 0.15) is 19.5 Å². The topological polar surface area (TPSA) is 12.9 Å². The van der Waals surface area contributed by atoms with E-state index in [2.05, 4.69) is 34.8 Å². The van der Waals surface area contributed by atoms with Crippen LogP contribution >= 0.6 is 15.9 Å². The van der Waals surface area contributed by atoms with Crippen LogP contribution in [0.4, 0.5) is 4.39 Å². The molecule has 0 aliphatic carbocycles. The van der Waals surface area contributed by atoms with E-state index in [1.807, 2.05) is 0 Å². The highest BCUT2D eigenvalue weighted by Crippen LogP contribution is 2.22. The van der Waals surface area contributed by atoms with Crippen LogP contribution in [0.5, 0.6) is 0 Å². The monoisotopic (exact) mass is 245 g/mol. The Balaban J connectivity index is 2.69. The Hall–Kier alpha value is -0.440. The van der Waals surface area contributed by atoms with Crippen molar-refractivity contribution in [2.24, 2.45) is 5.41 Å². The maximum Gasteiger partial charge on any atom is 0.141 e. The molecule has 1 aromatic heterocycles. The number of hydrogen-bond donors (Lipinski definition) is 0. The lowest BCUT2D eigenvalue weighted by Gasteiger charge is -2.20. The van der Waals surface area contributed by atoms with Crippen molar-refractivity contribution in [2.45, 2.75) is 20.3 Å². The third kappa shape index (κ3) is 3.43. The molecule has 1 rings (SSSR count). The lowest BCUT2D eigenvalue weighted by molar-refractivity contribution is 0.419. The highest BCUT2D eigenvalue weighted by molar-refractivity contribution is 9.09. The van der Waals surface area contributed by atoms with Gasteiger partial charge in [0.1, 0.15) is 5.82 Å². The summed E-state index contributed by atoms with van der Waals surface area (Å²) in [5, 5.41) is 0.916. The van der Waals surface area contributed by atoms with Gasteiger partial charge in [-0.25, -0.2) is 4.39 Å². The molecule has 0 spiro atoms. The van der Waals surface area contributed by atoms with Crippen molar-refractivity contribution in [1.82, 2.24) is 4.98 Å². The van der Waals surface area contributed by atoms with Crippen LogP contribution in [0.15, 0.2) is 18.3 Å². The molecule has 0 bridgehead atoms. The Bertz CT molecular complexity index is 269. The Morgan fingerprint density at radius 3 is 2.62 bits per heavy atom. The van der Waals surface area contributed by atoms with E-state index in [9.17, 15) is 4.39 Å². The summed E-state index contributed by atoms with van der Waals surface area (Å²) < 4.78 is 12.5. The molecular weight excluding hydrogens is 233 g/mol. The van der Waals surface area contributed by atoms with Crippen molar-refractivity contribution in [1.29, 1.82) is 0 Å². The van der Waals surface area contributed by atoms with E-state index in [0.29, 0.717) is 0 Å². The Morgan fingerprint density at radius 2 is 2.15 bits per heavy atom. The molecule has 0 aromatic carbocycles. The van der Waals surface area contributed by atoms with Gasteiger partial charge >= 0.3 is 0 Å². The van der Waals surface area contributed by atoms with Crippen molar-refractivity contribution in [3.63, 3.8) is 0 Å². The molecule has 0 radical (unpaired) electrons. The predicted octanol–water partition coefficient (Wildman–Crippen LogP) is 3.18. The lowest BCUT2D eigenvalue weighted by Crippen LogP contribution is -2.17. The first-order valence-corrected chi connectivity index (χ1v) is 5.32. The summed E-state index contributed by atoms with van der Waals surface area (Å²) in [7, 11) is 0. The van der Waals surface area contributed by atoms with Crippen LogP contribution < -0.4 is 0 Å². The first-order chi connectivity index (χ1) is 6.03. The lowest BCUT2D eigenvalue weighted by atomic mass is 9.90. The minimum atomic E-state index is -0.277. The van der Waals surface area contributed by atoms with Crippen LogP contribution in [0, 0.1) is 11.2 Å². The van der Waals surface area contributed by atoms with Crippen molar-refractivity contribution in [3.8, 4) is 0 Å². The van der Waals surface area contributed by atoms with E-state index in [1.165, 1.54) is 12.3 Å². The maximum absolute atomic E-state index is 12.5. The van der Waals surface area contributed by atoms with E-state index >= 15 is 0 Å². The number of nitrogens with zero attached hydrogens (tertiary/aromatic N) is 1. The second-order valence-electron chi connectivity index (χ2n) is 3.94. The smallest absolute Gasteiger partial charge is 0.141 e. The van der Waals surface area contributed by atoms with Crippen LogP contribution in [0.3, 0.4) is 0 Å². The minimum absolute atomic E-state index is 0.171. The van der Waals surface area contributed by atoms with Gasteiger partial charge in [0.2, 0.25) is 0 Å². The number of aromatic nitrogens is 1. The molecule has 0 saturated carbocycles. The molecule has 0 amide bonds. The highest BCUT2D eigenvalue weighted by atomic mass is 79.9. The number of halogens is 2. The zero-order valence-corrected chi connectivity index (χ0v) is 9.44. The van der Waals surface area contributed by atoms with Crippen LogP contribution in [-0.4, -0.2) is 10.3 Å². The molecule has 1 nitrogen and oxygen atoms in total. The summed E-state index contributed by atoms with van der Waals surface area (Å²) in [6, 6.07) is 3.19. The third-order valence-electron chi connectivity index (χ3n) is 1.81. The first-order valence-electron chi connectivity index (χ1n) is 4.20. The Labute approximate surface area is 86.5 Å². The summed E-state index contributed by atoms with van der Waals surface area (Å²) >= 11 is 3.44. The molecule has 3 heteroatoms. The van der Waals surface area contributed by atoms with Crippen molar-refractivity contribution >= 4 is 15.9 Å². The highest BCUT2D eigenvalue weighted by Gasteiger charge is 2.17. The standard InChI is InChI=1S/C10H13BrFN/c1-10(2,7-11)5-9-4-3-8(12)6-13-9/h3-4,6H,5,7H2,1-2H3. The molecule has 72 valence electrons. The van der Waals surface area contributed by atoms with Gasteiger partial charge in [0, 0.05) is 11.0 Å². The van der Waals surface area contributed by atoms with Crippen molar-refractivity contribution in [2.75, 3.05) is 5.33 Å². The first kappa shape index (κ1) is 10.6. The van der Waals surface area contributed by atoms with E-state index in [4.69, 9.17) is 0 Å². The Morgan fingerprint density at radius 1 is 1.46 bits per heavy atom. The fourth-order valence-corrected chi connectivity index (χ4v) is 1.25. The number of pyridine rings is 1. The largest absolute Gasteiger partial charge is 0.258 e. The average molecular weight is 246 g/mol. The number of alkyl halides is 1. The van der Waals surface area contributed by atoms with Gasteiger partial charge in [-0.05, 0) is 24.0 Å². The zero-order chi connectivity index (χ0) is 9.90. The summed E-state index contributed by atoms with van der Waals surface area (Å²) in [6.07, 6.45) is 2.12. The van der Waals surface area contributed by atoms with Gasteiger partial charge < -0.3 is 0 Å². The van der Waals surface area contributed by atoms with Gasteiger partial charge in [-0.15, -0.1) is 0 Å². The summed E-state index contributed by atoms with van der Waals surface area (Å²) in [6.45, 7) is 4.29. The molecule has 0 N–H and O–H groups in total. The fourth-order valence-electron chi connectivity index (χ4n) is 1.05. The number of hydrogen-bond acceptors (Lipinski definition) is 1. The van der Waals surface area contributed by atoms with Gasteiger partial charge in [0.15, 0.2) is 0 Å². The van der Waals surface area contributed by atoms with Gasteiger partial charge in [-0.3, -0.25) is 4.98 Å². The van der Waals surface area contributed by atoms with Gasteiger partial charge in [0.05, 0.1) is 6.20 Å². The normalized spacial score (nSPS) is 11.7. The van der Waals surface area contributed by atoms with Gasteiger partial charge in [-0.2, -0.15) is 0 Å². The van der Waals surface area contributed by atoms with E-state index in [-0.39, 0.29) is 11.2 Å². The van der Waals surface area contributed by atoms with Gasteiger partial charge in [-0.1, -0.05) is 29.8 Å². The van der Waals surface area contributed by atoms with E-state index in [1.54, 1.807) is 6.07 Å². The molecule has 0 saturated heterocycles. The second-order valence-corrected chi connectivity index (χ2v) is 4.50. The number of rotatable bonds is 3. The van der Waals surface area contributed by atoms with E-state index in [0.717, 1.165) is 17.4 Å². The second kappa shape index (κ2) is 4.18. The van der Waals surface area contributed by atoms with Gasteiger partial charge in [0.25, 0.3) is 0 Å². The van der Waals surface area contributed by atoms with Crippen molar-refractivity contribution < 1.29 is 4.39 Å². The molecule has 0 unspecified atom stereocenters. The minimum Gasteiger partial charge on any atom is -0.258 e. The molecule has 0 aliphatic rings. The Kier molecular flexibility index (Phi) is 3.42. The molecule has 1 aromatic rings. The van der Waals surface area contributed by atoms with Crippen LogP contribution in [0.25, 0.3) is 0 Å². The molecule has 0 aliphatic heterocycles.